The van der Waals surface area contributed by atoms with Crippen LogP contribution in [0.2, 0.25) is 0 Å². The standard InChI is InChI=1S/C28H24NO7PS/c1-35-19-12-14-20(15-13-19)38(33,34)29-25-17-24(28(30)23-10-6-5-9-22(23)25)27-21-8-4-3-7-18(21)11-16-26(27)36-37(2,31)32/h3-17,29-30H,1-2H3,(H,31,32). The van der Waals surface area contributed by atoms with Gasteiger partial charge in [0.1, 0.15) is 17.2 Å². The highest BCUT2D eigenvalue weighted by Crippen LogP contribution is 2.50. The molecule has 194 valence electrons. The summed E-state index contributed by atoms with van der Waals surface area (Å²) >= 11 is 0. The second kappa shape index (κ2) is 9.68. The van der Waals surface area contributed by atoms with Crippen molar-refractivity contribution >= 4 is 44.9 Å². The first kappa shape index (κ1) is 25.6. The number of benzene rings is 5. The summed E-state index contributed by atoms with van der Waals surface area (Å²) in [7, 11) is -6.51. The number of rotatable bonds is 7. The van der Waals surface area contributed by atoms with Crippen molar-refractivity contribution < 1.29 is 32.2 Å². The van der Waals surface area contributed by atoms with Crippen LogP contribution in [-0.2, 0) is 14.6 Å². The van der Waals surface area contributed by atoms with Gasteiger partial charge in [0.25, 0.3) is 10.0 Å². The highest BCUT2D eigenvalue weighted by atomic mass is 32.2. The molecule has 8 nitrogen and oxygen atoms in total. The molecule has 1 atom stereocenters. The van der Waals surface area contributed by atoms with Crippen LogP contribution in [0, 0.1) is 0 Å². The molecular weight excluding hydrogens is 525 g/mol. The van der Waals surface area contributed by atoms with Gasteiger partial charge in [-0.05, 0) is 47.2 Å². The van der Waals surface area contributed by atoms with Crippen LogP contribution in [0.5, 0.6) is 17.2 Å². The Hall–Kier alpha value is -4.04. The minimum absolute atomic E-state index is 0.0263. The normalized spacial score (nSPS) is 13.2. The largest absolute Gasteiger partial charge is 0.507 e. The van der Waals surface area contributed by atoms with Crippen molar-refractivity contribution in [1.82, 2.24) is 0 Å². The molecule has 0 radical (unpaired) electrons. The highest BCUT2D eigenvalue weighted by molar-refractivity contribution is 7.92. The number of aromatic hydroxyl groups is 1. The number of sulfonamides is 1. The third-order valence-electron chi connectivity index (χ3n) is 6.06. The zero-order valence-electron chi connectivity index (χ0n) is 20.5. The van der Waals surface area contributed by atoms with Gasteiger partial charge in [0.2, 0.25) is 0 Å². The maximum Gasteiger partial charge on any atom is 0.373 e. The lowest BCUT2D eigenvalue weighted by Gasteiger charge is -2.19. The third kappa shape index (κ3) is 4.91. The second-order valence-corrected chi connectivity index (χ2v) is 12.2. The molecule has 5 aromatic carbocycles. The molecule has 0 bridgehead atoms. The predicted molar refractivity (Wildman–Crippen MR) is 149 cm³/mol. The van der Waals surface area contributed by atoms with Crippen LogP contribution < -0.4 is 14.0 Å². The van der Waals surface area contributed by atoms with Crippen LogP contribution in [0.25, 0.3) is 32.7 Å². The van der Waals surface area contributed by atoms with E-state index in [0.717, 1.165) is 12.1 Å². The second-order valence-electron chi connectivity index (χ2n) is 8.70. The van der Waals surface area contributed by atoms with Crippen molar-refractivity contribution in [1.29, 1.82) is 0 Å². The molecule has 0 aliphatic heterocycles. The van der Waals surface area contributed by atoms with Crippen molar-refractivity contribution in [3.8, 4) is 28.4 Å². The van der Waals surface area contributed by atoms with E-state index in [-0.39, 0.29) is 27.6 Å². The average Bonchev–Trinajstić information content (AvgIpc) is 2.89. The van der Waals surface area contributed by atoms with E-state index in [2.05, 4.69) is 4.72 Å². The smallest absolute Gasteiger partial charge is 0.373 e. The topological polar surface area (TPSA) is 122 Å². The summed E-state index contributed by atoms with van der Waals surface area (Å²) in [5.41, 5.74) is 0.801. The van der Waals surface area contributed by atoms with Crippen LogP contribution in [0.1, 0.15) is 0 Å². The third-order valence-corrected chi connectivity index (χ3v) is 7.97. The Kier molecular flexibility index (Phi) is 6.53. The van der Waals surface area contributed by atoms with Crippen molar-refractivity contribution in [3.63, 3.8) is 0 Å². The van der Waals surface area contributed by atoms with Gasteiger partial charge in [0.05, 0.1) is 17.7 Å². The summed E-state index contributed by atoms with van der Waals surface area (Å²) in [4.78, 5) is 10.0. The number of phenolic OH excluding ortho intramolecular Hbond substituents is 1. The number of hydrogen-bond acceptors (Lipinski definition) is 6. The molecule has 0 aliphatic carbocycles. The van der Waals surface area contributed by atoms with E-state index in [9.17, 15) is 23.0 Å². The molecule has 0 heterocycles. The molecule has 0 spiro atoms. The fourth-order valence-corrected chi connectivity index (χ4v) is 5.97. The van der Waals surface area contributed by atoms with E-state index in [4.69, 9.17) is 9.26 Å². The van der Waals surface area contributed by atoms with Gasteiger partial charge in [-0.1, -0.05) is 54.6 Å². The monoisotopic (exact) mass is 549 g/mol. The Morgan fingerprint density at radius 2 is 1.47 bits per heavy atom. The summed E-state index contributed by atoms with van der Waals surface area (Å²) in [6.07, 6.45) is 0. The quantitative estimate of drug-likeness (QED) is 0.159. The predicted octanol–water partition coefficient (Wildman–Crippen LogP) is 6.37. The molecule has 10 heteroatoms. The molecule has 5 rings (SSSR count). The Balaban J connectivity index is 1.76. The number of phenols is 1. The van der Waals surface area contributed by atoms with E-state index in [1.807, 2.05) is 12.1 Å². The molecular formula is C28H24NO7PS. The molecule has 3 N–H and O–H groups in total. The van der Waals surface area contributed by atoms with Crippen molar-refractivity contribution in [2.24, 2.45) is 0 Å². The maximum atomic E-state index is 13.3. The van der Waals surface area contributed by atoms with Crippen LogP contribution in [0.15, 0.2) is 95.9 Å². The van der Waals surface area contributed by atoms with Gasteiger partial charge in [-0.25, -0.2) is 13.0 Å². The Labute approximate surface area is 219 Å². The lowest BCUT2D eigenvalue weighted by atomic mass is 9.93. The van der Waals surface area contributed by atoms with E-state index < -0.39 is 17.6 Å². The molecule has 5 aromatic rings. The zero-order valence-corrected chi connectivity index (χ0v) is 22.2. The number of hydrogen-bond donors (Lipinski definition) is 3. The molecule has 0 amide bonds. The SMILES string of the molecule is COc1ccc(S(=O)(=O)Nc2cc(-c3c(OP(C)(=O)O)ccc4ccccc34)c(O)c3ccccc23)cc1. The average molecular weight is 550 g/mol. The first-order valence-corrected chi connectivity index (χ1v) is 15.0. The Bertz CT molecular complexity index is 1830. The summed E-state index contributed by atoms with van der Waals surface area (Å²) in [6.45, 7) is 1.07. The molecule has 0 aliphatic rings. The van der Waals surface area contributed by atoms with Gasteiger partial charge in [0, 0.05) is 28.6 Å². The number of fused-ring (bicyclic) bond motifs is 2. The Morgan fingerprint density at radius 1 is 0.842 bits per heavy atom. The van der Waals surface area contributed by atoms with Crippen LogP contribution in [0.4, 0.5) is 5.69 Å². The van der Waals surface area contributed by atoms with Crippen LogP contribution >= 0.6 is 7.60 Å². The number of ether oxygens (including phenoxy) is 1. The summed E-state index contributed by atoms with van der Waals surface area (Å²) in [5.74, 6) is 0.464. The van der Waals surface area contributed by atoms with Crippen LogP contribution in [-0.4, -0.2) is 32.2 Å². The molecule has 0 saturated carbocycles. The van der Waals surface area contributed by atoms with E-state index in [1.165, 1.54) is 25.3 Å². The fraction of sp³-hybridized carbons (Fsp3) is 0.0714. The molecule has 0 fully saturated rings. The van der Waals surface area contributed by atoms with Crippen molar-refractivity contribution in [2.45, 2.75) is 4.90 Å². The van der Waals surface area contributed by atoms with E-state index in [0.29, 0.717) is 27.5 Å². The van der Waals surface area contributed by atoms with Gasteiger partial charge < -0.3 is 19.3 Å². The summed E-state index contributed by atoms with van der Waals surface area (Å²) < 4.78 is 52.1. The van der Waals surface area contributed by atoms with Gasteiger partial charge in [-0.15, -0.1) is 0 Å². The minimum atomic E-state index is -4.03. The van der Waals surface area contributed by atoms with Crippen LogP contribution in [0.3, 0.4) is 0 Å². The molecule has 0 saturated heterocycles. The van der Waals surface area contributed by atoms with E-state index >= 15 is 0 Å². The molecule has 38 heavy (non-hydrogen) atoms. The first-order chi connectivity index (χ1) is 18.1. The lowest BCUT2D eigenvalue weighted by molar-refractivity contribution is 0.388. The number of anilines is 1. The Morgan fingerprint density at radius 3 is 2.13 bits per heavy atom. The zero-order chi connectivity index (χ0) is 27.1. The summed E-state index contributed by atoms with van der Waals surface area (Å²) in [5, 5.41) is 13.7. The van der Waals surface area contributed by atoms with Gasteiger partial charge in [-0.2, -0.15) is 0 Å². The minimum Gasteiger partial charge on any atom is -0.507 e. The number of nitrogens with one attached hydrogen (secondary N) is 1. The van der Waals surface area contributed by atoms with Crippen molar-refractivity contribution in [2.75, 3.05) is 18.5 Å². The fourth-order valence-electron chi connectivity index (χ4n) is 4.38. The number of methoxy groups -OCH3 is 1. The summed E-state index contributed by atoms with van der Waals surface area (Å²) in [6, 6.07) is 24.9. The van der Waals surface area contributed by atoms with Gasteiger partial charge >= 0.3 is 7.60 Å². The van der Waals surface area contributed by atoms with E-state index in [1.54, 1.807) is 60.7 Å². The lowest BCUT2D eigenvalue weighted by Crippen LogP contribution is -2.13. The van der Waals surface area contributed by atoms with Crippen molar-refractivity contribution in [3.05, 3.63) is 91.0 Å². The van der Waals surface area contributed by atoms with Gasteiger partial charge in [0.15, 0.2) is 0 Å². The first-order valence-electron chi connectivity index (χ1n) is 11.5. The highest BCUT2D eigenvalue weighted by Gasteiger charge is 2.24. The molecule has 0 aromatic heterocycles. The molecule has 1 unspecified atom stereocenters. The van der Waals surface area contributed by atoms with Gasteiger partial charge in [-0.3, -0.25) is 4.72 Å². The maximum absolute atomic E-state index is 13.3.